The van der Waals surface area contributed by atoms with Crippen molar-refractivity contribution >= 4 is 22.6 Å². The first-order valence-corrected chi connectivity index (χ1v) is 8.65. The summed E-state index contributed by atoms with van der Waals surface area (Å²) in [5.74, 6) is 0. The zero-order chi connectivity index (χ0) is 16.7. The van der Waals surface area contributed by atoms with Crippen LogP contribution < -0.4 is 0 Å². The second-order valence-corrected chi connectivity index (χ2v) is 6.72. The van der Waals surface area contributed by atoms with Gasteiger partial charge in [-0.25, -0.2) is 4.98 Å². The van der Waals surface area contributed by atoms with Gasteiger partial charge in [-0.15, -0.1) is 11.3 Å². The molecule has 2 heterocycles. The molecule has 0 saturated heterocycles. The summed E-state index contributed by atoms with van der Waals surface area (Å²) < 4.78 is 1.96. The summed E-state index contributed by atoms with van der Waals surface area (Å²) in [6.45, 7) is 4.12. The van der Waals surface area contributed by atoms with Crippen molar-refractivity contribution in [3.63, 3.8) is 0 Å². The molecule has 0 aliphatic rings. The van der Waals surface area contributed by atoms with Crippen molar-refractivity contribution in [1.82, 2.24) is 9.38 Å². The number of carbonyl (C=O) groups excluding carboxylic acids is 1. The lowest BCUT2D eigenvalue weighted by Crippen LogP contribution is -1.95. The van der Waals surface area contributed by atoms with E-state index in [0.717, 1.165) is 39.3 Å². The number of hydrogen-bond donors (Lipinski definition) is 0. The third-order valence-electron chi connectivity index (χ3n) is 4.22. The van der Waals surface area contributed by atoms with Gasteiger partial charge in [0.05, 0.1) is 5.69 Å². The number of hydrogen-bond acceptors (Lipinski definition) is 3. The Labute approximate surface area is 144 Å². The van der Waals surface area contributed by atoms with Crippen LogP contribution in [0.1, 0.15) is 21.6 Å². The predicted molar refractivity (Wildman–Crippen MR) is 98.8 cm³/mol. The van der Waals surface area contributed by atoms with E-state index >= 15 is 0 Å². The van der Waals surface area contributed by atoms with Gasteiger partial charge in [0, 0.05) is 10.9 Å². The molecular formula is C20H16N2OS. The first kappa shape index (κ1) is 14.8. The lowest BCUT2D eigenvalue weighted by atomic mass is 10.0. The largest absolute Gasteiger partial charge is 0.296 e. The highest BCUT2D eigenvalue weighted by Crippen LogP contribution is 2.33. The van der Waals surface area contributed by atoms with Crippen LogP contribution in [0.15, 0.2) is 53.9 Å². The molecule has 0 spiro atoms. The molecule has 3 nitrogen and oxygen atoms in total. The van der Waals surface area contributed by atoms with Crippen molar-refractivity contribution in [1.29, 1.82) is 0 Å². The maximum atomic E-state index is 11.9. The molecule has 4 rings (SSSR count). The van der Waals surface area contributed by atoms with Gasteiger partial charge in [0.25, 0.3) is 0 Å². The van der Waals surface area contributed by atoms with Crippen LogP contribution in [0.4, 0.5) is 0 Å². The number of aldehydes is 1. The summed E-state index contributed by atoms with van der Waals surface area (Å²) in [4.78, 5) is 17.5. The van der Waals surface area contributed by atoms with Gasteiger partial charge >= 0.3 is 0 Å². The number of nitrogens with zero attached hydrogens (tertiary/aromatic N) is 2. The number of fused-ring (bicyclic) bond motifs is 1. The van der Waals surface area contributed by atoms with Crippen molar-refractivity contribution in [2.45, 2.75) is 13.8 Å². The number of thiazole rings is 1. The Morgan fingerprint density at radius 3 is 2.58 bits per heavy atom. The molecule has 0 radical (unpaired) electrons. The first-order chi connectivity index (χ1) is 11.7. The van der Waals surface area contributed by atoms with Crippen molar-refractivity contribution in [3.8, 4) is 22.5 Å². The summed E-state index contributed by atoms with van der Waals surface area (Å²) in [5.41, 5.74) is 6.79. The average molecular weight is 332 g/mol. The second kappa shape index (κ2) is 5.73. The van der Waals surface area contributed by atoms with E-state index in [0.29, 0.717) is 5.69 Å². The fourth-order valence-corrected chi connectivity index (χ4v) is 3.98. The average Bonchev–Trinajstić information content (AvgIpc) is 3.14. The highest BCUT2D eigenvalue weighted by Gasteiger charge is 2.19. The van der Waals surface area contributed by atoms with Crippen LogP contribution in [0.2, 0.25) is 0 Å². The minimum absolute atomic E-state index is 0.608. The zero-order valence-corrected chi connectivity index (χ0v) is 14.3. The van der Waals surface area contributed by atoms with Crippen molar-refractivity contribution in [3.05, 3.63) is 70.7 Å². The topological polar surface area (TPSA) is 34.4 Å². The number of carbonyl (C=O) groups is 1. The van der Waals surface area contributed by atoms with E-state index in [9.17, 15) is 4.79 Å². The maximum absolute atomic E-state index is 11.9. The Balaban J connectivity index is 1.99. The van der Waals surface area contributed by atoms with Crippen LogP contribution in [-0.2, 0) is 0 Å². The summed E-state index contributed by atoms with van der Waals surface area (Å²) >= 11 is 1.56. The van der Waals surface area contributed by atoms with Gasteiger partial charge in [-0.3, -0.25) is 9.20 Å². The van der Waals surface area contributed by atoms with Gasteiger partial charge in [-0.05, 0) is 25.0 Å². The Kier molecular flexibility index (Phi) is 3.54. The van der Waals surface area contributed by atoms with E-state index in [1.807, 2.05) is 40.8 Å². The van der Waals surface area contributed by atoms with E-state index in [1.54, 1.807) is 11.3 Å². The van der Waals surface area contributed by atoms with Crippen molar-refractivity contribution < 1.29 is 4.79 Å². The number of rotatable bonds is 3. The number of benzene rings is 2. The van der Waals surface area contributed by atoms with Gasteiger partial charge in [0.1, 0.15) is 11.4 Å². The fourth-order valence-electron chi connectivity index (χ4n) is 3.08. The molecule has 24 heavy (non-hydrogen) atoms. The summed E-state index contributed by atoms with van der Waals surface area (Å²) in [7, 11) is 0. The molecule has 0 atom stereocenters. The molecule has 0 saturated carbocycles. The minimum Gasteiger partial charge on any atom is -0.296 e. The summed E-state index contributed by atoms with van der Waals surface area (Å²) in [5, 5.41) is 2.05. The molecule has 0 unspecified atom stereocenters. The van der Waals surface area contributed by atoms with E-state index in [1.165, 1.54) is 5.56 Å². The molecule has 0 bridgehead atoms. The maximum Gasteiger partial charge on any atom is 0.195 e. The molecule has 4 heteroatoms. The highest BCUT2D eigenvalue weighted by molar-refractivity contribution is 7.15. The van der Waals surface area contributed by atoms with E-state index < -0.39 is 0 Å². The van der Waals surface area contributed by atoms with Crippen LogP contribution >= 0.6 is 11.3 Å². The predicted octanol–water partition coefficient (Wildman–Crippen LogP) is 5.16. The van der Waals surface area contributed by atoms with Crippen molar-refractivity contribution in [2.75, 3.05) is 0 Å². The minimum atomic E-state index is 0.608. The quantitative estimate of drug-likeness (QED) is 0.486. The molecule has 0 aliphatic carbocycles. The number of aryl methyl sites for hydroxylation is 2. The third-order valence-corrected chi connectivity index (χ3v) is 5.04. The molecular weight excluding hydrogens is 316 g/mol. The van der Waals surface area contributed by atoms with Crippen LogP contribution in [0.5, 0.6) is 0 Å². The van der Waals surface area contributed by atoms with Gasteiger partial charge in [0.2, 0.25) is 0 Å². The van der Waals surface area contributed by atoms with E-state index in [4.69, 9.17) is 4.98 Å². The van der Waals surface area contributed by atoms with Crippen LogP contribution in [0, 0.1) is 13.8 Å². The molecule has 0 aliphatic heterocycles. The first-order valence-electron chi connectivity index (χ1n) is 7.77. The Hall–Kier alpha value is -2.72. The summed E-state index contributed by atoms with van der Waals surface area (Å²) in [6, 6.07) is 16.3. The Bertz CT molecular complexity index is 1040. The summed E-state index contributed by atoms with van der Waals surface area (Å²) in [6.07, 6.45) is 0.911. The molecule has 118 valence electrons. The molecule has 0 N–H and O–H groups in total. The van der Waals surface area contributed by atoms with Gasteiger partial charge < -0.3 is 0 Å². The van der Waals surface area contributed by atoms with Gasteiger partial charge in [-0.2, -0.15) is 0 Å². The van der Waals surface area contributed by atoms with E-state index in [2.05, 4.69) is 31.4 Å². The Morgan fingerprint density at radius 2 is 1.88 bits per heavy atom. The van der Waals surface area contributed by atoms with Crippen LogP contribution in [0.3, 0.4) is 0 Å². The standard InChI is InChI=1S/C20H16N2OS/c1-13-8-9-16(14(2)10-13)19-17(11-23)22-18(12-24-20(22)21-19)15-6-4-3-5-7-15/h3-12H,1-2H3. The molecule has 0 amide bonds. The smallest absolute Gasteiger partial charge is 0.195 e. The lowest BCUT2D eigenvalue weighted by Gasteiger charge is -2.06. The highest BCUT2D eigenvalue weighted by atomic mass is 32.1. The Morgan fingerprint density at radius 1 is 1.08 bits per heavy atom. The van der Waals surface area contributed by atoms with Gasteiger partial charge in [-0.1, -0.05) is 54.1 Å². The van der Waals surface area contributed by atoms with Crippen molar-refractivity contribution in [2.24, 2.45) is 0 Å². The normalized spacial score (nSPS) is 11.1. The van der Waals surface area contributed by atoms with E-state index in [-0.39, 0.29) is 0 Å². The molecule has 4 aromatic rings. The second-order valence-electron chi connectivity index (χ2n) is 5.89. The number of imidazole rings is 1. The van der Waals surface area contributed by atoms with Gasteiger partial charge in [0.15, 0.2) is 11.2 Å². The third kappa shape index (κ3) is 2.27. The fraction of sp³-hybridized carbons (Fsp3) is 0.100. The van der Waals surface area contributed by atoms with Crippen LogP contribution in [-0.4, -0.2) is 15.7 Å². The molecule has 2 aromatic heterocycles. The zero-order valence-electron chi connectivity index (χ0n) is 13.5. The number of aromatic nitrogens is 2. The molecule has 2 aromatic carbocycles. The monoisotopic (exact) mass is 332 g/mol. The van der Waals surface area contributed by atoms with Crippen LogP contribution in [0.25, 0.3) is 27.5 Å². The molecule has 0 fully saturated rings. The lowest BCUT2D eigenvalue weighted by molar-refractivity contribution is 0.111. The SMILES string of the molecule is Cc1ccc(-c2nc3scc(-c4ccccc4)n3c2C=O)c(C)c1.